The van der Waals surface area contributed by atoms with Gasteiger partial charge in [-0.2, -0.15) is 0 Å². The molecular formula is C8H9BrN2O4. The van der Waals surface area contributed by atoms with E-state index >= 15 is 0 Å². The van der Waals surface area contributed by atoms with E-state index in [9.17, 15) is 14.4 Å². The van der Waals surface area contributed by atoms with Crippen LogP contribution in [-0.2, 0) is 16.1 Å². The molecule has 82 valence electrons. The molecule has 0 aliphatic heterocycles. The topological polar surface area (TPSA) is 81.2 Å². The number of halogens is 1. The van der Waals surface area contributed by atoms with E-state index in [0.29, 0.717) is 0 Å². The van der Waals surface area contributed by atoms with Crippen molar-refractivity contribution >= 4 is 21.9 Å². The summed E-state index contributed by atoms with van der Waals surface area (Å²) in [5, 5.41) is 2.30. The number of H-pyrrole nitrogens is 1. The van der Waals surface area contributed by atoms with Crippen molar-refractivity contribution in [2.75, 3.05) is 7.11 Å². The zero-order chi connectivity index (χ0) is 11.4. The van der Waals surface area contributed by atoms with Gasteiger partial charge in [-0.3, -0.25) is 19.5 Å². The van der Waals surface area contributed by atoms with Crippen molar-refractivity contribution in [3.8, 4) is 0 Å². The molecule has 1 rings (SSSR count). The summed E-state index contributed by atoms with van der Waals surface area (Å²) in [5.41, 5.74) is -0.790. The van der Waals surface area contributed by atoms with Crippen molar-refractivity contribution in [1.82, 2.24) is 9.78 Å². The van der Waals surface area contributed by atoms with Crippen molar-refractivity contribution in [2.45, 2.75) is 11.4 Å². The molecule has 0 aromatic carbocycles. The number of nitrogens with one attached hydrogen (secondary N) is 1. The van der Waals surface area contributed by atoms with Crippen LogP contribution in [0, 0.1) is 0 Å². The fourth-order valence-corrected chi connectivity index (χ4v) is 1.44. The zero-order valence-corrected chi connectivity index (χ0v) is 9.48. The smallest absolute Gasteiger partial charge is 0.321 e. The van der Waals surface area contributed by atoms with Crippen LogP contribution in [0.4, 0.5) is 0 Å². The van der Waals surface area contributed by atoms with Crippen LogP contribution in [0.3, 0.4) is 0 Å². The van der Waals surface area contributed by atoms with Crippen molar-refractivity contribution in [1.29, 1.82) is 0 Å². The molecule has 1 unspecified atom stereocenters. The molecule has 7 heteroatoms. The molecule has 1 aromatic heterocycles. The Morgan fingerprint density at radius 2 is 2.27 bits per heavy atom. The van der Waals surface area contributed by atoms with E-state index in [4.69, 9.17) is 0 Å². The number of nitrogens with zero attached hydrogens (tertiary/aromatic N) is 1. The molecule has 0 aliphatic carbocycles. The molecule has 0 saturated carbocycles. The average molecular weight is 277 g/mol. The number of ether oxygens (including phenoxy) is 1. The fraction of sp³-hybridized carbons (Fsp3) is 0.375. The minimum absolute atomic E-state index is 0.0155. The molecular weight excluding hydrogens is 268 g/mol. The molecule has 1 atom stereocenters. The Balaban J connectivity index is 2.90. The SMILES string of the molecule is COC(=O)C(Br)Cn1[nH]c(=O)ccc1=O. The number of rotatable bonds is 3. The highest BCUT2D eigenvalue weighted by atomic mass is 79.9. The Labute approximate surface area is 93.0 Å². The van der Waals surface area contributed by atoms with Gasteiger partial charge >= 0.3 is 5.97 Å². The predicted molar refractivity (Wildman–Crippen MR) is 56.1 cm³/mol. The van der Waals surface area contributed by atoms with Crippen LogP contribution in [-0.4, -0.2) is 27.7 Å². The lowest BCUT2D eigenvalue weighted by Gasteiger charge is -2.08. The Kier molecular flexibility index (Phi) is 3.84. The summed E-state index contributed by atoms with van der Waals surface area (Å²) in [4.78, 5) is 32.5. The van der Waals surface area contributed by atoms with Crippen LogP contribution in [0.25, 0.3) is 0 Å². The maximum atomic E-state index is 11.2. The number of hydrogen-bond donors (Lipinski definition) is 1. The molecule has 0 bridgehead atoms. The number of carbonyl (C=O) groups is 1. The summed E-state index contributed by atoms with van der Waals surface area (Å²) in [5.74, 6) is -0.508. The lowest BCUT2D eigenvalue weighted by Crippen LogP contribution is -2.33. The molecule has 0 aliphatic rings. The van der Waals surface area contributed by atoms with Crippen molar-refractivity contribution in [3.05, 3.63) is 32.8 Å². The van der Waals surface area contributed by atoms with Crippen molar-refractivity contribution in [2.24, 2.45) is 0 Å². The Bertz CT molecular complexity index is 464. The number of methoxy groups -OCH3 is 1. The van der Waals surface area contributed by atoms with E-state index in [0.717, 1.165) is 16.8 Å². The first-order valence-corrected chi connectivity index (χ1v) is 4.98. The van der Waals surface area contributed by atoms with E-state index in [1.807, 2.05) is 0 Å². The van der Waals surface area contributed by atoms with E-state index in [1.54, 1.807) is 0 Å². The van der Waals surface area contributed by atoms with Gasteiger partial charge in [0.1, 0.15) is 4.83 Å². The quantitative estimate of drug-likeness (QED) is 0.595. The van der Waals surface area contributed by atoms with Gasteiger partial charge in [-0.25, -0.2) is 4.68 Å². The van der Waals surface area contributed by atoms with E-state index < -0.39 is 16.4 Å². The van der Waals surface area contributed by atoms with Gasteiger partial charge in [0.15, 0.2) is 0 Å². The number of alkyl halides is 1. The van der Waals surface area contributed by atoms with Gasteiger partial charge in [-0.05, 0) is 0 Å². The third-order valence-corrected chi connectivity index (χ3v) is 2.35. The lowest BCUT2D eigenvalue weighted by atomic mass is 10.4. The fourth-order valence-electron chi connectivity index (χ4n) is 0.961. The molecule has 15 heavy (non-hydrogen) atoms. The van der Waals surface area contributed by atoms with Crippen molar-refractivity contribution < 1.29 is 9.53 Å². The number of hydrogen-bond acceptors (Lipinski definition) is 4. The lowest BCUT2D eigenvalue weighted by molar-refractivity contribution is -0.140. The largest absolute Gasteiger partial charge is 0.468 e. The highest BCUT2D eigenvalue weighted by Crippen LogP contribution is 2.02. The van der Waals surface area contributed by atoms with Gasteiger partial charge in [0.2, 0.25) is 0 Å². The summed E-state index contributed by atoms with van der Waals surface area (Å²) >= 11 is 3.04. The second-order valence-corrected chi connectivity index (χ2v) is 3.85. The molecule has 0 fully saturated rings. The van der Waals surface area contributed by atoms with Gasteiger partial charge in [0, 0.05) is 12.1 Å². The first-order chi connectivity index (χ1) is 7.04. The molecule has 1 N–H and O–H groups in total. The first-order valence-electron chi connectivity index (χ1n) is 4.06. The molecule has 1 aromatic rings. The second-order valence-electron chi connectivity index (χ2n) is 2.75. The number of aromatic amines is 1. The van der Waals surface area contributed by atoms with Crippen LogP contribution in [0.5, 0.6) is 0 Å². The Morgan fingerprint density at radius 1 is 1.60 bits per heavy atom. The maximum Gasteiger partial charge on any atom is 0.321 e. The molecule has 0 spiro atoms. The highest BCUT2D eigenvalue weighted by molar-refractivity contribution is 9.10. The van der Waals surface area contributed by atoms with Crippen LogP contribution >= 0.6 is 15.9 Å². The van der Waals surface area contributed by atoms with Gasteiger partial charge in [-0.1, -0.05) is 15.9 Å². The predicted octanol–water partition coefficient (Wildman–Crippen LogP) is -0.527. The van der Waals surface area contributed by atoms with Crippen molar-refractivity contribution in [3.63, 3.8) is 0 Å². The molecule has 0 amide bonds. The van der Waals surface area contributed by atoms with Gasteiger partial charge in [0.25, 0.3) is 11.1 Å². The van der Waals surface area contributed by atoms with Gasteiger partial charge in [-0.15, -0.1) is 0 Å². The number of carbonyl (C=O) groups excluding carboxylic acids is 1. The van der Waals surface area contributed by atoms with Crippen LogP contribution < -0.4 is 11.1 Å². The normalized spacial score (nSPS) is 12.1. The standard InChI is InChI=1S/C8H9BrN2O4/c1-15-8(14)5(9)4-11-7(13)3-2-6(12)10-11/h2-3,5H,4H2,1H3,(H,10,12). The first kappa shape index (κ1) is 11.7. The Morgan fingerprint density at radius 3 is 2.87 bits per heavy atom. The summed E-state index contributed by atoms with van der Waals surface area (Å²) in [6, 6.07) is 2.26. The van der Waals surface area contributed by atoms with Crippen LogP contribution in [0.15, 0.2) is 21.7 Å². The summed E-state index contributed by atoms with van der Waals surface area (Å²) in [6.07, 6.45) is 0. The maximum absolute atomic E-state index is 11.2. The molecule has 1 heterocycles. The monoisotopic (exact) mass is 276 g/mol. The minimum atomic E-state index is -0.668. The molecule has 0 saturated heterocycles. The van der Waals surface area contributed by atoms with Gasteiger partial charge < -0.3 is 4.74 Å². The van der Waals surface area contributed by atoms with Crippen LogP contribution in [0.2, 0.25) is 0 Å². The minimum Gasteiger partial charge on any atom is -0.468 e. The van der Waals surface area contributed by atoms with E-state index in [-0.39, 0.29) is 12.1 Å². The summed E-state index contributed by atoms with van der Waals surface area (Å²) < 4.78 is 5.50. The zero-order valence-electron chi connectivity index (χ0n) is 7.90. The number of esters is 1. The van der Waals surface area contributed by atoms with E-state index in [1.165, 1.54) is 7.11 Å². The van der Waals surface area contributed by atoms with Crippen LogP contribution in [0.1, 0.15) is 0 Å². The highest BCUT2D eigenvalue weighted by Gasteiger charge is 2.16. The Hall–Kier alpha value is -1.37. The number of aromatic nitrogens is 2. The summed E-state index contributed by atoms with van der Waals surface area (Å²) in [6.45, 7) is 0.0155. The second kappa shape index (κ2) is 4.92. The third kappa shape index (κ3) is 3.05. The van der Waals surface area contributed by atoms with Gasteiger partial charge in [0.05, 0.1) is 13.7 Å². The third-order valence-electron chi connectivity index (χ3n) is 1.69. The summed E-state index contributed by atoms with van der Waals surface area (Å²) in [7, 11) is 1.24. The van der Waals surface area contributed by atoms with E-state index in [2.05, 4.69) is 25.8 Å². The molecule has 6 nitrogen and oxygen atoms in total. The average Bonchev–Trinajstić information content (AvgIpc) is 2.22. The molecule has 0 radical (unpaired) electrons.